The maximum atomic E-state index is 11.4. The molecule has 1 aromatic rings. The Bertz CT molecular complexity index is 413. The van der Waals surface area contributed by atoms with E-state index in [0.717, 1.165) is 13.0 Å². The van der Waals surface area contributed by atoms with E-state index in [0.29, 0.717) is 0 Å². The molecule has 2 nitrogen and oxygen atoms in total. The van der Waals surface area contributed by atoms with Crippen molar-refractivity contribution in [3.63, 3.8) is 0 Å². The molecule has 2 atom stereocenters. The quantitative estimate of drug-likeness (QED) is 0.843. The second kappa shape index (κ2) is 3.93. The highest BCUT2D eigenvalue weighted by atomic mass is 16.1. The molecule has 2 unspecified atom stereocenters. The summed E-state index contributed by atoms with van der Waals surface area (Å²) in [4.78, 5) is 11.4. The molecule has 2 rings (SSSR count). The molecule has 0 fully saturated rings. The van der Waals surface area contributed by atoms with Gasteiger partial charge >= 0.3 is 0 Å². The SMILES string of the molecule is CC(=O)C(C)CC1(C)CNc2ccccc21. The fraction of sp³-hybridized carbons (Fsp3) is 0.500. The number of carbonyl (C=O) groups excluding carboxylic acids is 1. The fourth-order valence-corrected chi connectivity index (χ4v) is 2.55. The Morgan fingerprint density at radius 3 is 2.88 bits per heavy atom. The largest absolute Gasteiger partial charge is 0.384 e. The Labute approximate surface area is 97.1 Å². The molecule has 0 amide bonds. The summed E-state index contributed by atoms with van der Waals surface area (Å²) in [6, 6.07) is 8.40. The van der Waals surface area contributed by atoms with E-state index in [1.807, 2.05) is 13.0 Å². The zero-order valence-electron chi connectivity index (χ0n) is 10.2. The van der Waals surface area contributed by atoms with Crippen LogP contribution in [0.5, 0.6) is 0 Å². The molecule has 2 heteroatoms. The minimum Gasteiger partial charge on any atom is -0.384 e. The standard InChI is InChI=1S/C14H19NO/c1-10(11(2)16)8-14(3)9-15-13-7-5-4-6-12(13)14/h4-7,10,15H,8-9H2,1-3H3. The summed E-state index contributed by atoms with van der Waals surface area (Å²) < 4.78 is 0. The molecule has 0 saturated heterocycles. The van der Waals surface area contributed by atoms with Gasteiger partial charge in [-0.1, -0.05) is 32.0 Å². The Morgan fingerprint density at radius 2 is 2.19 bits per heavy atom. The van der Waals surface area contributed by atoms with E-state index in [1.165, 1.54) is 11.3 Å². The number of hydrogen-bond acceptors (Lipinski definition) is 2. The van der Waals surface area contributed by atoms with Crippen molar-refractivity contribution in [2.24, 2.45) is 5.92 Å². The third-order valence-corrected chi connectivity index (χ3v) is 3.70. The number of fused-ring (bicyclic) bond motifs is 1. The van der Waals surface area contributed by atoms with Crippen molar-refractivity contribution in [1.82, 2.24) is 0 Å². The lowest BCUT2D eigenvalue weighted by Crippen LogP contribution is -2.28. The van der Waals surface area contributed by atoms with Crippen LogP contribution >= 0.6 is 0 Å². The van der Waals surface area contributed by atoms with Crippen LogP contribution < -0.4 is 5.32 Å². The summed E-state index contributed by atoms with van der Waals surface area (Å²) in [6.07, 6.45) is 0.923. The second-order valence-corrected chi connectivity index (χ2v) is 5.18. The predicted octanol–water partition coefficient (Wildman–Crippen LogP) is 2.99. The zero-order chi connectivity index (χ0) is 11.8. The lowest BCUT2D eigenvalue weighted by molar-refractivity contribution is -0.120. The van der Waals surface area contributed by atoms with Crippen LogP contribution in [-0.2, 0) is 10.2 Å². The van der Waals surface area contributed by atoms with Crippen LogP contribution in [-0.4, -0.2) is 12.3 Å². The van der Waals surface area contributed by atoms with Gasteiger partial charge in [0.05, 0.1) is 0 Å². The average Bonchev–Trinajstić information content (AvgIpc) is 2.57. The smallest absolute Gasteiger partial charge is 0.132 e. The molecule has 1 aliphatic rings. The van der Waals surface area contributed by atoms with Gasteiger partial charge in [-0.3, -0.25) is 4.79 Å². The first-order valence-electron chi connectivity index (χ1n) is 5.87. The number of Topliss-reactive ketones (excluding diaryl/α,β-unsaturated/α-hetero) is 1. The van der Waals surface area contributed by atoms with Crippen LogP contribution in [0.3, 0.4) is 0 Å². The Hall–Kier alpha value is -1.31. The van der Waals surface area contributed by atoms with Gasteiger partial charge in [-0.05, 0) is 25.0 Å². The molecule has 0 aromatic heterocycles. The van der Waals surface area contributed by atoms with E-state index in [4.69, 9.17) is 0 Å². The van der Waals surface area contributed by atoms with Crippen LogP contribution in [0, 0.1) is 5.92 Å². The maximum Gasteiger partial charge on any atom is 0.132 e. The molecule has 0 spiro atoms. The molecule has 1 heterocycles. The highest BCUT2D eigenvalue weighted by Gasteiger charge is 2.35. The normalized spacial score (nSPS) is 24.7. The number of benzene rings is 1. The van der Waals surface area contributed by atoms with E-state index < -0.39 is 0 Å². The highest BCUT2D eigenvalue weighted by molar-refractivity contribution is 5.78. The molecule has 1 aromatic carbocycles. The van der Waals surface area contributed by atoms with Crippen molar-refractivity contribution in [2.45, 2.75) is 32.6 Å². The molecule has 0 bridgehead atoms. The number of nitrogens with one attached hydrogen (secondary N) is 1. The van der Waals surface area contributed by atoms with E-state index in [-0.39, 0.29) is 17.1 Å². The Kier molecular flexibility index (Phi) is 2.75. The summed E-state index contributed by atoms with van der Waals surface area (Å²) in [5.74, 6) is 0.420. The lowest BCUT2D eigenvalue weighted by Gasteiger charge is -2.26. The minimum atomic E-state index is 0.0989. The number of para-hydroxylation sites is 1. The first kappa shape index (κ1) is 11.2. The summed E-state index contributed by atoms with van der Waals surface area (Å²) in [5.41, 5.74) is 2.67. The fourth-order valence-electron chi connectivity index (χ4n) is 2.55. The third-order valence-electron chi connectivity index (χ3n) is 3.70. The van der Waals surface area contributed by atoms with Gasteiger partial charge in [0, 0.05) is 23.6 Å². The number of anilines is 1. The van der Waals surface area contributed by atoms with Crippen LogP contribution in [0.1, 0.15) is 32.8 Å². The Morgan fingerprint density at radius 1 is 1.50 bits per heavy atom. The van der Waals surface area contributed by atoms with Crippen molar-refractivity contribution in [2.75, 3.05) is 11.9 Å². The molecular weight excluding hydrogens is 198 g/mol. The number of carbonyl (C=O) groups is 1. The van der Waals surface area contributed by atoms with E-state index in [9.17, 15) is 4.79 Å². The maximum absolute atomic E-state index is 11.4. The molecule has 0 aliphatic carbocycles. The first-order valence-corrected chi connectivity index (χ1v) is 5.87. The molecule has 0 saturated carbocycles. The van der Waals surface area contributed by atoms with E-state index in [2.05, 4.69) is 30.4 Å². The van der Waals surface area contributed by atoms with Crippen molar-refractivity contribution >= 4 is 11.5 Å². The van der Waals surface area contributed by atoms with Gasteiger partial charge in [0.15, 0.2) is 0 Å². The first-order chi connectivity index (χ1) is 7.53. The average molecular weight is 217 g/mol. The van der Waals surface area contributed by atoms with Crippen molar-refractivity contribution in [1.29, 1.82) is 0 Å². The van der Waals surface area contributed by atoms with Gasteiger partial charge in [0.25, 0.3) is 0 Å². The number of rotatable bonds is 3. The topological polar surface area (TPSA) is 29.1 Å². The van der Waals surface area contributed by atoms with E-state index >= 15 is 0 Å². The number of hydrogen-bond donors (Lipinski definition) is 1. The van der Waals surface area contributed by atoms with Gasteiger partial charge in [0.2, 0.25) is 0 Å². The Balaban J connectivity index is 2.25. The summed E-state index contributed by atoms with van der Waals surface area (Å²) in [6.45, 7) is 6.88. The molecule has 16 heavy (non-hydrogen) atoms. The van der Waals surface area contributed by atoms with Crippen LogP contribution in [0.4, 0.5) is 5.69 Å². The van der Waals surface area contributed by atoms with Crippen molar-refractivity contribution < 1.29 is 4.79 Å². The monoisotopic (exact) mass is 217 g/mol. The number of ketones is 1. The van der Waals surface area contributed by atoms with Crippen molar-refractivity contribution in [3.8, 4) is 0 Å². The third kappa shape index (κ3) is 1.84. The van der Waals surface area contributed by atoms with Crippen molar-refractivity contribution in [3.05, 3.63) is 29.8 Å². The molecule has 0 radical (unpaired) electrons. The molecular formula is C14H19NO. The van der Waals surface area contributed by atoms with Gasteiger partial charge < -0.3 is 5.32 Å². The summed E-state index contributed by atoms with van der Waals surface area (Å²) in [7, 11) is 0. The second-order valence-electron chi connectivity index (χ2n) is 5.18. The van der Waals surface area contributed by atoms with Crippen LogP contribution in [0.25, 0.3) is 0 Å². The molecule has 86 valence electrons. The summed E-state index contributed by atoms with van der Waals surface area (Å²) >= 11 is 0. The minimum absolute atomic E-state index is 0.0989. The summed E-state index contributed by atoms with van der Waals surface area (Å²) in [5, 5.41) is 3.42. The van der Waals surface area contributed by atoms with Gasteiger partial charge in [-0.25, -0.2) is 0 Å². The van der Waals surface area contributed by atoms with Gasteiger partial charge in [-0.15, -0.1) is 0 Å². The molecule has 1 N–H and O–H groups in total. The highest BCUT2D eigenvalue weighted by Crippen LogP contribution is 2.40. The van der Waals surface area contributed by atoms with Crippen LogP contribution in [0.15, 0.2) is 24.3 Å². The van der Waals surface area contributed by atoms with E-state index in [1.54, 1.807) is 6.92 Å². The zero-order valence-corrected chi connectivity index (χ0v) is 10.2. The van der Waals surface area contributed by atoms with Crippen LogP contribution in [0.2, 0.25) is 0 Å². The molecule has 1 aliphatic heterocycles. The van der Waals surface area contributed by atoms with Gasteiger partial charge in [-0.2, -0.15) is 0 Å². The van der Waals surface area contributed by atoms with Gasteiger partial charge in [0.1, 0.15) is 5.78 Å². The predicted molar refractivity (Wildman–Crippen MR) is 66.7 cm³/mol. The lowest BCUT2D eigenvalue weighted by atomic mass is 9.76.